The maximum Gasteiger partial charge on any atom is 0.254 e. The lowest BCUT2D eigenvalue weighted by atomic mass is 10.0. The minimum atomic E-state index is -0.565. The molecule has 0 heterocycles. The van der Waals surface area contributed by atoms with Gasteiger partial charge < -0.3 is 15.8 Å². The van der Waals surface area contributed by atoms with Crippen LogP contribution in [0.25, 0.3) is 0 Å². The van der Waals surface area contributed by atoms with Gasteiger partial charge in [0.25, 0.3) is 5.91 Å². The van der Waals surface area contributed by atoms with E-state index in [9.17, 15) is 9.59 Å². The summed E-state index contributed by atoms with van der Waals surface area (Å²) in [6.45, 7) is 5.73. The summed E-state index contributed by atoms with van der Waals surface area (Å²) < 4.78 is 5.07. The molecule has 0 unspecified atom stereocenters. The van der Waals surface area contributed by atoms with E-state index in [0.29, 0.717) is 22.4 Å². The van der Waals surface area contributed by atoms with Gasteiger partial charge in [-0.2, -0.15) is 0 Å². The normalized spacial score (nSPS) is 8.94. The first-order valence-electron chi connectivity index (χ1n) is 5.71. The number of hydrogen-bond donors (Lipinski definition) is 2. The number of benzene rings is 1. The summed E-state index contributed by atoms with van der Waals surface area (Å²) in [6, 6.07) is 3.06. The summed E-state index contributed by atoms with van der Waals surface area (Å²) in [5.74, 6) is -0.466. The van der Waals surface area contributed by atoms with Gasteiger partial charge >= 0.3 is 0 Å². The molecule has 0 aliphatic carbocycles. The zero-order chi connectivity index (χ0) is 14.3. The molecule has 18 heavy (non-hydrogen) atoms. The Kier molecular flexibility index (Phi) is 6.49. The molecule has 2 amide bonds. The van der Waals surface area contributed by atoms with E-state index in [4.69, 9.17) is 10.5 Å². The first-order chi connectivity index (χ1) is 8.51. The van der Waals surface area contributed by atoms with E-state index in [1.807, 2.05) is 13.8 Å². The zero-order valence-corrected chi connectivity index (χ0v) is 11.5. The minimum absolute atomic E-state index is 0.296. The number of primary amides is 1. The molecule has 0 bridgehead atoms. The maximum atomic E-state index is 11.5. The number of ether oxygens (including phenoxy) is 1. The van der Waals surface area contributed by atoms with Gasteiger partial charge in [0.15, 0.2) is 0 Å². The zero-order valence-electron chi connectivity index (χ0n) is 11.5. The van der Waals surface area contributed by atoms with E-state index in [2.05, 4.69) is 5.32 Å². The highest BCUT2D eigenvalue weighted by Gasteiger charge is 2.16. The summed E-state index contributed by atoms with van der Waals surface area (Å²) in [6.07, 6.45) is 0. The lowest BCUT2D eigenvalue weighted by Crippen LogP contribution is -2.21. The smallest absolute Gasteiger partial charge is 0.254 e. The molecule has 5 heteroatoms. The molecular weight excluding hydrogens is 232 g/mol. The van der Waals surface area contributed by atoms with Crippen LogP contribution in [0, 0.1) is 6.92 Å². The lowest BCUT2D eigenvalue weighted by Gasteiger charge is -2.10. The fraction of sp³-hybridized carbons (Fsp3) is 0.385. The molecule has 5 nitrogen and oxygen atoms in total. The van der Waals surface area contributed by atoms with Gasteiger partial charge in [0.2, 0.25) is 5.91 Å². The van der Waals surface area contributed by atoms with Gasteiger partial charge in [-0.1, -0.05) is 13.8 Å². The van der Waals surface area contributed by atoms with E-state index in [1.165, 1.54) is 20.2 Å². The highest BCUT2D eigenvalue weighted by molar-refractivity contribution is 6.01. The van der Waals surface area contributed by atoms with Crippen LogP contribution in [0.4, 0.5) is 0 Å². The van der Waals surface area contributed by atoms with Crippen LogP contribution in [0.5, 0.6) is 5.75 Å². The third-order valence-corrected chi connectivity index (χ3v) is 2.28. The van der Waals surface area contributed by atoms with Gasteiger partial charge in [0, 0.05) is 12.6 Å². The van der Waals surface area contributed by atoms with E-state index >= 15 is 0 Å². The molecule has 0 aliphatic heterocycles. The number of carbonyl (C=O) groups is 2. The highest BCUT2D eigenvalue weighted by atomic mass is 16.5. The number of rotatable bonds is 3. The maximum absolute atomic E-state index is 11.5. The Morgan fingerprint density at radius 2 is 1.78 bits per heavy atom. The van der Waals surface area contributed by atoms with Crippen molar-refractivity contribution < 1.29 is 14.3 Å². The third kappa shape index (κ3) is 3.48. The fourth-order valence-corrected chi connectivity index (χ4v) is 1.43. The molecule has 0 fully saturated rings. The molecule has 0 saturated carbocycles. The van der Waals surface area contributed by atoms with Crippen molar-refractivity contribution in [2.75, 3.05) is 14.2 Å². The number of nitrogens with one attached hydrogen (secondary N) is 1. The molecule has 0 atom stereocenters. The third-order valence-electron chi connectivity index (χ3n) is 2.28. The van der Waals surface area contributed by atoms with Crippen molar-refractivity contribution in [3.8, 4) is 5.75 Å². The van der Waals surface area contributed by atoms with Crippen molar-refractivity contribution in [2.24, 2.45) is 5.73 Å². The van der Waals surface area contributed by atoms with Crippen molar-refractivity contribution >= 4 is 11.8 Å². The Labute approximate surface area is 107 Å². The van der Waals surface area contributed by atoms with Crippen molar-refractivity contribution in [3.05, 3.63) is 28.8 Å². The average Bonchev–Trinajstić information content (AvgIpc) is 2.39. The van der Waals surface area contributed by atoms with Crippen LogP contribution in [-0.4, -0.2) is 26.0 Å². The van der Waals surface area contributed by atoms with Gasteiger partial charge in [-0.15, -0.1) is 0 Å². The molecule has 1 rings (SSSR count). The molecule has 0 aliphatic rings. The van der Waals surface area contributed by atoms with Crippen LogP contribution in [0.3, 0.4) is 0 Å². The molecule has 0 saturated heterocycles. The first kappa shape index (κ1) is 16.0. The molecule has 100 valence electrons. The monoisotopic (exact) mass is 252 g/mol. The average molecular weight is 252 g/mol. The number of carbonyl (C=O) groups excluding carboxylic acids is 2. The van der Waals surface area contributed by atoms with Crippen LogP contribution in [0.15, 0.2) is 12.1 Å². The van der Waals surface area contributed by atoms with E-state index in [1.54, 1.807) is 13.0 Å². The molecule has 1 aromatic carbocycles. The van der Waals surface area contributed by atoms with Crippen molar-refractivity contribution in [2.45, 2.75) is 20.8 Å². The molecule has 0 radical (unpaired) electrons. The Morgan fingerprint density at radius 3 is 2.17 bits per heavy atom. The van der Waals surface area contributed by atoms with Gasteiger partial charge in [0.1, 0.15) is 5.75 Å². The standard InChI is InChI=1S/C11H14N2O3.C2H6/c1-6-4-9(16-3)8(11(15)13-2)5-7(6)10(12)14;1-2/h4-5H,1-3H3,(H2,12,14)(H,13,15);1-2H3. The lowest BCUT2D eigenvalue weighted by molar-refractivity contribution is 0.0960. The van der Waals surface area contributed by atoms with Crippen molar-refractivity contribution in [1.82, 2.24) is 5.32 Å². The van der Waals surface area contributed by atoms with E-state index < -0.39 is 5.91 Å². The fourth-order valence-electron chi connectivity index (χ4n) is 1.43. The molecule has 0 spiro atoms. The summed E-state index contributed by atoms with van der Waals surface area (Å²) in [5, 5.41) is 2.47. The molecule has 3 N–H and O–H groups in total. The Morgan fingerprint density at radius 1 is 1.22 bits per heavy atom. The largest absolute Gasteiger partial charge is 0.496 e. The molecule has 1 aromatic rings. The summed E-state index contributed by atoms with van der Waals surface area (Å²) in [7, 11) is 2.97. The number of hydrogen-bond acceptors (Lipinski definition) is 3. The Balaban J connectivity index is 0.00000137. The quantitative estimate of drug-likeness (QED) is 0.855. The summed E-state index contributed by atoms with van der Waals surface area (Å²) >= 11 is 0. The van der Waals surface area contributed by atoms with Crippen LogP contribution in [0.1, 0.15) is 40.1 Å². The predicted molar refractivity (Wildman–Crippen MR) is 71.0 cm³/mol. The van der Waals surface area contributed by atoms with E-state index in [-0.39, 0.29) is 5.91 Å². The SMILES string of the molecule is CC.CNC(=O)c1cc(C(N)=O)c(C)cc1OC. The van der Waals surface area contributed by atoms with Gasteiger partial charge in [-0.25, -0.2) is 0 Å². The number of nitrogens with two attached hydrogens (primary N) is 1. The Bertz CT molecular complexity index is 442. The second-order valence-corrected chi connectivity index (χ2v) is 3.31. The van der Waals surface area contributed by atoms with Crippen LogP contribution in [0.2, 0.25) is 0 Å². The second kappa shape index (κ2) is 7.32. The Hall–Kier alpha value is -2.04. The number of methoxy groups -OCH3 is 1. The predicted octanol–water partition coefficient (Wildman–Crippen LogP) is 1.49. The summed E-state index contributed by atoms with van der Waals surface area (Å²) in [4.78, 5) is 22.7. The molecular formula is C13H20N2O3. The van der Waals surface area contributed by atoms with Crippen molar-refractivity contribution in [1.29, 1.82) is 0 Å². The first-order valence-corrected chi connectivity index (χ1v) is 5.71. The highest BCUT2D eigenvalue weighted by Crippen LogP contribution is 2.23. The van der Waals surface area contributed by atoms with Crippen LogP contribution < -0.4 is 15.8 Å². The number of amides is 2. The van der Waals surface area contributed by atoms with Crippen LogP contribution in [-0.2, 0) is 0 Å². The van der Waals surface area contributed by atoms with Crippen molar-refractivity contribution in [3.63, 3.8) is 0 Å². The second-order valence-electron chi connectivity index (χ2n) is 3.31. The minimum Gasteiger partial charge on any atom is -0.496 e. The van der Waals surface area contributed by atoms with Gasteiger partial charge in [0.05, 0.1) is 12.7 Å². The van der Waals surface area contributed by atoms with Gasteiger partial charge in [-0.3, -0.25) is 9.59 Å². The van der Waals surface area contributed by atoms with Gasteiger partial charge in [-0.05, 0) is 24.6 Å². The molecule has 0 aromatic heterocycles. The number of aryl methyl sites for hydroxylation is 1. The van der Waals surface area contributed by atoms with E-state index in [0.717, 1.165) is 0 Å². The topological polar surface area (TPSA) is 81.4 Å². The summed E-state index contributed by atoms with van der Waals surface area (Å²) in [5.41, 5.74) is 6.50. The van der Waals surface area contributed by atoms with Crippen LogP contribution >= 0.6 is 0 Å².